The Bertz CT molecular complexity index is 547. The molecular weight excluding hydrogens is 323 g/mol. The minimum Gasteiger partial charge on any atom is -0.487 e. The van der Waals surface area contributed by atoms with E-state index in [9.17, 15) is 5.11 Å². The molecule has 122 valence electrons. The summed E-state index contributed by atoms with van der Waals surface area (Å²) < 4.78 is 6.26. The number of halogens is 2. The average Bonchev–Trinajstić information content (AvgIpc) is 3.03. The normalized spacial score (nSPS) is 29.9. The number of piperidine rings is 1. The van der Waals surface area contributed by atoms with Crippen molar-refractivity contribution in [3.8, 4) is 5.75 Å². The molecule has 2 saturated heterocycles. The second kappa shape index (κ2) is 6.17. The van der Waals surface area contributed by atoms with Gasteiger partial charge in [-0.25, -0.2) is 0 Å². The van der Waals surface area contributed by atoms with Crippen molar-refractivity contribution in [2.75, 3.05) is 26.2 Å². The van der Waals surface area contributed by atoms with Gasteiger partial charge in [-0.1, -0.05) is 11.6 Å². The number of ether oxygens (including phenoxy) is 1. The summed E-state index contributed by atoms with van der Waals surface area (Å²) in [6.45, 7) is 3.59. The van der Waals surface area contributed by atoms with E-state index < -0.39 is 0 Å². The maximum absolute atomic E-state index is 10.0. The van der Waals surface area contributed by atoms with Gasteiger partial charge in [-0.2, -0.15) is 0 Å². The number of β-amino-alcohol motifs (C(OH)–C–C–N with tert-alkyl or cyclic N) is 1. The van der Waals surface area contributed by atoms with Gasteiger partial charge in [-0.15, -0.1) is 12.4 Å². The Morgan fingerprint density at radius 1 is 1.27 bits per heavy atom. The van der Waals surface area contributed by atoms with Crippen LogP contribution in [0.1, 0.15) is 18.4 Å². The van der Waals surface area contributed by atoms with Gasteiger partial charge in [0.2, 0.25) is 0 Å². The van der Waals surface area contributed by atoms with Crippen molar-refractivity contribution in [1.82, 2.24) is 10.2 Å². The first-order valence-corrected chi connectivity index (χ1v) is 8.13. The molecule has 1 unspecified atom stereocenters. The van der Waals surface area contributed by atoms with Gasteiger partial charge < -0.3 is 15.2 Å². The molecule has 0 aliphatic carbocycles. The number of hydrogen-bond acceptors (Lipinski definition) is 4. The minimum absolute atomic E-state index is 0. The number of likely N-dealkylation sites (tertiary alicyclic amines) is 1. The van der Waals surface area contributed by atoms with E-state index in [0.29, 0.717) is 6.54 Å². The second-order valence-electron chi connectivity index (χ2n) is 6.54. The quantitative estimate of drug-likeness (QED) is 0.816. The van der Waals surface area contributed by atoms with E-state index in [0.717, 1.165) is 49.7 Å². The third-order valence-electron chi connectivity index (χ3n) is 5.19. The fraction of sp³-hybridized carbons (Fsp3) is 0.625. The molecule has 2 fully saturated rings. The number of hydrogen-bond donors (Lipinski definition) is 2. The van der Waals surface area contributed by atoms with Gasteiger partial charge in [0, 0.05) is 56.5 Å². The number of nitrogens with zero attached hydrogens (tertiary/aromatic N) is 1. The van der Waals surface area contributed by atoms with Gasteiger partial charge in [-0.05, 0) is 23.8 Å². The third kappa shape index (κ3) is 2.83. The fourth-order valence-corrected chi connectivity index (χ4v) is 4.16. The molecule has 4 rings (SSSR count). The number of aliphatic hydroxyl groups is 1. The van der Waals surface area contributed by atoms with Gasteiger partial charge in [0.05, 0.1) is 6.10 Å². The summed E-state index contributed by atoms with van der Waals surface area (Å²) in [6, 6.07) is 6.18. The summed E-state index contributed by atoms with van der Waals surface area (Å²) in [5.74, 6) is 0.996. The summed E-state index contributed by atoms with van der Waals surface area (Å²) in [5, 5.41) is 14.1. The smallest absolute Gasteiger partial charge is 0.123 e. The lowest BCUT2D eigenvalue weighted by Gasteiger charge is -2.41. The highest BCUT2D eigenvalue weighted by molar-refractivity contribution is 6.30. The number of aliphatic hydroxyl groups excluding tert-OH is 1. The van der Waals surface area contributed by atoms with Crippen molar-refractivity contribution in [3.63, 3.8) is 0 Å². The van der Waals surface area contributed by atoms with Crippen molar-refractivity contribution >= 4 is 24.0 Å². The summed E-state index contributed by atoms with van der Waals surface area (Å²) in [6.07, 6.45) is 2.76. The Balaban J connectivity index is 0.00000144. The van der Waals surface area contributed by atoms with Crippen molar-refractivity contribution in [2.24, 2.45) is 0 Å². The molecule has 3 aliphatic heterocycles. The predicted molar refractivity (Wildman–Crippen MR) is 89.2 cm³/mol. The second-order valence-corrected chi connectivity index (χ2v) is 6.98. The van der Waals surface area contributed by atoms with Crippen LogP contribution in [0.15, 0.2) is 18.2 Å². The van der Waals surface area contributed by atoms with Crippen LogP contribution in [0.5, 0.6) is 5.75 Å². The van der Waals surface area contributed by atoms with E-state index in [1.54, 1.807) is 0 Å². The molecule has 4 nitrogen and oxygen atoms in total. The topological polar surface area (TPSA) is 44.7 Å². The number of fused-ring (bicyclic) bond motifs is 1. The molecule has 22 heavy (non-hydrogen) atoms. The van der Waals surface area contributed by atoms with E-state index in [1.807, 2.05) is 18.2 Å². The summed E-state index contributed by atoms with van der Waals surface area (Å²) in [4.78, 5) is 2.41. The van der Waals surface area contributed by atoms with Crippen LogP contribution < -0.4 is 10.1 Å². The molecule has 2 N–H and O–H groups in total. The van der Waals surface area contributed by atoms with Crippen LogP contribution in [0.3, 0.4) is 0 Å². The van der Waals surface area contributed by atoms with Crippen LogP contribution in [0.2, 0.25) is 5.02 Å². The van der Waals surface area contributed by atoms with Crippen LogP contribution in [0.25, 0.3) is 0 Å². The van der Waals surface area contributed by atoms with E-state index >= 15 is 0 Å². The highest BCUT2D eigenvalue weighted by atomic mass is 35.5. The van der Waals surface area contributed by atoms with Gasteiger partial charge in [0.25, 0.3) is 0 Å². The lowest BCUT2D eigenvalue weighted by molar-refractivity contribution is -0.0107. The number of nitrogens with one attached hydrogen (secondary N) is 1. The largest absolute Gasteiger partial charge is 0.487 e. The van der Waals surface area contributed by atoms with E-state index in [2.05, 4.69) is 10.2 Å². The molecule has 2 atom stereocenters. The van der Waals surface area contributed by atoms with Crippen LogP contribution in [0, 0.1) is 0 Å². The summed E-state index contributed by atoms with van der Waals surface area (Å²) >= 11 is 6.08. The van der Waals surface area contributed by atoms with Gasteiger partial charge in [0.15, 0.2) is 0 Å². The number of benzene rings is 1. The fourth-order valence-electron chi connectivity index (χ4n) is 3.97. The molecule has 1 aromatic rings. The first-order chi connectivity index (χ1) is 10.2. The maximum Gasteiger partial charge on any atom is 0.123 e. The van der Waals surface area contributed by atoms with Crippen molar-refractivity contribution in [2.45, 2.75) is 37.0 Å². The summed E-state index contributed by atoms with van der Waals surface area (Å²) in [7, 11) is 0. The molecule has 3 heterocycles. The monoisotopic (exact) mass is 344 g/mol. The van der Waals surface area contributed by atoms with E-state index in [4.69, 9.17) is 16.3 Å². The molecule has 0 saturated carbocycles. The maximum atomic E-state index is 10.0. The van der Waals surface area contributed by atoms with Crippen LogP contribution in [0.4, 0.5) is 0 Å². The van der Waals surface area contributed by atoms with E-state index in [1.165, 1.54) is 5.56 Å². The predicted octanol–water partition coefficient (Wildman–Crippen LogP) is 1.86. The molecule has 1 aromatic carbocycles. The van der Waals surface area contributed by atoms with Crippen LogP contribution in [-0.4, -0.2) is 53.9 Å². The number of rotatable bonds is 1. The SMILES string of the molecule is Cl.O[C@@H]1CNCC1N1CCC2(CC1)Cc1cc(Cl)ccc1O2. The molecular formula is C16H22Cl2N2O2. The molecule has 0 amide bonds. The Labute approximate surface area is 142 Å². The lowest BCUT2D eigenvalue weighted by atomic mass is 9.86. The van der Waals surface area contributed by atoms with Gasteiger partial charge in [0.1, 0.15) is 11.4 Å². The standard InChI is InChI=1S/C16H21ClN2O2.ClH/c17-12-1-2-15-11(7-12)8-16(21-15)3-5-19(6-4-16)13-9-18-10-14(13)20;/h1-2,7,13-14,18,20H,3-6,8-10H2;1H/t13?,14-;/m1./s1. The zero-order valence-corrected chi connectivity index (χ0v) is 14.0. The first kappa shape index (κ1) is 16.3. The summed E-state index contributed by atoms with van der Waals surface area (Å²) in [5.41, 5.74) is 1.18. The molecule has 6 heteroatoms. The Kier molecular flexibility index (Phi) is 4.59. The van der Waals surface area contributed by atoms with Crippen molar-refractivity contribution in [1.29, 1.82) is 0 Å². The highest BCUT2D eigenvalue weighted by Crippen LogP contribution is 2.42. The molecule has 0 radical (unpaired) electrons. The zero-order chi connectivity index (χ0) is 14.4. The zero-order valence-electron chi connectivity index (χ0n) is 12.4. The Hall–Kier alpha value is -0.520. The molecule has 3 aliphatic rings. The highest BCUT2D eigenvalue weighted by Gasteiger charge is 2.44. The first-order valence-electron chi connectivity index (χ1n) is 7.76. The van der Waals surface area contributed by atoms with Crippen LogP contribution >= 0.6 is 24.0 Å². The molecule has 0 bridgehead atoms. The molecule has 1 spiro atoms. The minimum atomic E-state index is -0.237. The van der Waals surface area contributed by atoms with Crippen LogP contribution in [-0.2, 0) is 6.42 Å². The van der Waals surface area contributed by atoms with Gasteiger partial charge >= 0.3 is 0 Å². The Morgan fingerprint density at radius 2 is 2.05 bits per heavy atom. The van der Waals surface area contributed by atoms with E-state index in [-0.39, 0.29) is 30.2 Å². The van der Waals surface area contributed by atoms with Crippen molar-refractivity contribution < 1.29 is 9.84 Å². The third-order valence-corrected chi connectivity index (χ3v) is 5.43. The molecule has 0 aromatic heterocycles. The average molecular weight is 345 g/mol. The Morgan fingerprint density at radius 3 is 2.73 bits per heavy atom. The lowest BCUT2D eigenvalue weighted by Crippen LogP contribution is -2.53. The van der Waals surface area contributed by atoms with Gasteiger partial charge in [-0.3, -0.25) is 4.90 Å². The van der Waals surface area contributed by atoms with Crippen molar-refractivity contribution in [3.05, 3.63) is 28.8 Å².